The minimum atomic E-state index is 0.722. The summed E-state index contributed by atoms with van der Waals surface area (Å²) in [5, 5.41) is 3.69. The first-order chi connectivity index (χ1) is 7.70. The molecule has 0 aromatic carbocycles. The molecule has 1 saturated carbocycles. The van der Waals surface area contributed by atoms with Gasteiger partial charge >= 0.3 is 0 Å². The summed E-state index contributed by atoms with van der Waals surface area (Å²) in [6.45, 7) is 7.33. The molecule has 0 aliphatic heterocycles. The predicted octanol–water partition coefficient (Wildman–Crippen LogP) is 3.56. The van der Waals surface area contributed by atoms with Crippen LogP contribution in [0.15, 0.2) is 10.5 Å². The summed E-state index contributed by atoms with van der Waals surface area (Å²) in [5.74, 6) is 2.97. The standard InChI is InChI=1S/C14H23NO/c1-4-12-6-5-7-14(12)15-9-13-8-10(2)16-11(13)3/h8,12,14-15H,4-7,9H2,1-3H3. The highest BCUT2D eigenvalue weighted by atomic mass is 16.3. The predicted molar refractivity (Wildman–Crippen MR) is 66.4 cm³/mol. The maximum absolute atomic E-state index is 5.54. The van der Waals surface area contributed by atoms with Crippen molar-refractivity contribution in [3.63, 3.8) is 0 Å². The van der Waals surface area contributed by atoms with Gasteiger partial charge in [-0.3, -0.25) is 0 Å². The molecule has 90 valence electrons. The molecule has 1 aromatic heterocycles. The highest BCUT2D eigenvalue weighted by molar-refractivity contribution is 5.19. The summed E-state index contributed by atoms with van der Waals surface area (Å²) in [7, 11) is 0. The van der Waals surface area contributed by atoms with Crippen LogP contribution < -0.4 is 5.32 Å². The van der Waals surface area contributed by atoms with Crippen molar-refractivity contribution in [1.29, 1.82) is 0 Å². The molecule has 2 rings (SSSR count). The molecule has 1 fully saturated rings. The molecule has 1 aliphatic rings. The molecule has 2 unspecified atom stereocenters. The van der Waals surface area contributed by atoms with Crippen molar-refractivity contribution in [1.82, 2.24) is 5.32 Å². The molecule has 1 heterocycles. The zero-order chi connectivity index (χ0) is 11.5. The largest absolute Gasteiger partial charge is 0.466 e. The van der Waals surface area contributed by atoms with Crippen molar-refractivity contribution in [2.45, 2.75) is 59.0 Å². The van der Waals surface area contributed by atoms with Crippen molar-refractivity contribution < 1.29 is 4.42 Å². The second-order valence-electron chi connectivity index (χ2n) is 5.03. The summed E-state index contributed by atoms with van der Waals surface area (Å²) >= 11 is 0. The fourth-order valence-electron chi connectivity index (χ4n) is 2.89. The van der Waals surface area contributed by atoms with E-state index in [4.69, 9.17) is 4.42 Å². The average molecular weight is 221 g/mol. The second-order valence-corrected chi connectivity index (χ2v) is 5.03. The van der Waals surface area contributed by atoms with Gasteiger partial charge in [0.2, 0.25) is 0 Å². The Morgan fingerprint density at radius 1 is 1.38 bits per heavy atom. The Kier molecular flexibility index (Phi) is 3.70. The van der Waals surface area contributed by atoms with Gasteiger partial charge in [-0.25, -0.2) is 0 Å². The SMILES string of the molecule is CCC1CCCC1NCc1cc(C)oc1C. The van der Waals surface area contributed by atoms with Crippen molar-refractivity contribution in [2.24, 2.45) is 5.92 Å². The minimum absolute atomic E-state index is 0.722. The first-order valence-corrected chi connectivity index (χ1v) is 6.50. The van der Waals surface area contributed by atoms with Crippen LogP contribution in [0.4, 0.5) is 0 Å². The third-order valence-corrected chi connectivity index (χ3v) is 3.88. The van der Waals surface area contributed by atoms with Crippen LogP contribution in [0.1, 0.15) is 49.7 Å². The maximum atomic E-state index is 5.54. The summed E-state index contributed by atoms with van der Waals surface area (Å²) < 4.78 is 5.54. The van der Waals surface area contributed by atoms with E-state index in [0.29, 0.717) is 0 Å². The Hall–Kier alpha value is -0.760. The van der Waals surface area contributed by atoms with Crippen LogP contribution in [0, 0.1) is 19.8 Å². The first kappa shape index (κ1) is 11.7. The summed E-state index contributed by atoms with van der Waals surface area (Å²) in [6, 6.07) is 2.87. The molecule has 1 aromatic rings. The second kappa shape index (κ2) is 5.05. The number of aryl methyl sites for hydroxylation is 2. The highest BCUT2D eigenvalue weighted by Gasteiger charge is 2.25. The third-order valence-electron chi connectivity index (χ3n) is 3.88. The molecule has 1 aliphatic carbocycles. The number of nitrogens with one attached hydrogen (secondary N) is 1. The molecule has 16 heavy (non-hydrogen) atoms. The zero-order valence-corrected chi connectivity index (χ0v) is 10.7. The van der Waals surface area contributed by atoms with E-state index in [-0.39, 0.29) is 0 Å². The third kappa shape index (κ3) is 2.49. The number of hydrogen-bond donors (Lipinski definition) is 1. The van der Waals surface area contributed by atoms with E-state index in [1.165, 1.54) is 31.2 Å². The van der Waals surface area contributed by atoms with Crippen LogP contribution in [-0.4, -0.2) is 6.04 Å². The molecule has 2 nitrogen and oxygen atoms in total. The van der Waals surface area contributed by atoms with E-state index < -0.39 is 0 Å². The fraction of sp³-hybridized carbons (Fsp3) is 0.714. The van der Waals surface area contributed by atoms with Crippen molar-refractivity contribution in [2.75, 3.05) is 0 Å². The molecule has 0 saturated heterocycles. The Morgan fingerprint density at radius 2 is 2.19 bits per heavy atom. The van der Waals surface area contributed by atoms with Crippen LogP contribution in [0.25, 0.3) is 0 Å². The molecule has 2 heteroatoms. The van der Waals surface area contributed by atoms with E-state index in [0.717, 1.165) is 30.0 Å². The molecule has 1 N–H and O–H groups in total. The lowest BCUT2D eigenvalue weighted by molar-refractivity contribution is 0.388. The molecular weight excluding hydrogens is 198 g/mol. The van der Waals surface area contributed by atoms with Crippen LogP contribution in [0.5, 0.6) is 0 Å². The van der Waals surface area contributed by atoms with Gasteiger partial charge in [0.05, 0.1) is 0 Å². The van der Waals surface area contributed by atoms with Gasteiger partial charge in [0.1, 0.15) is 11.5 Å². The lowest BCUT2D eigenvalue weighted by Gasteiger charge is -2.19. The highest BCUT2D eigenvalue weighted by Crippen LogP contribution is 2.28. The number of hydrogen-bond acceptors (Lipinski definition) is 2. The average Bonchev–Trinajstić information content (AvgIpc) is 2.81. The van der Waals surface area contributed by atoms with Gasteiger partial charge in [-0.05, 0) is 38.7 Å². The van der Waals surface area contributed by atoms with Crippen LogP contribution >= 0.6 is 0 Å². The molecule has 2 atom stereocenters. The molecular formula is C14H23NO. The van der Waals surface area contributed by atoms with Crippen LogP contribution in [-0.2, 0) is 6.54 Å². The van der Waals surface area contributed by atoms with E-state index in [2.05, 4.69) is 25.2 Å². The van der Waals surface area contributed by atoms with E-state index in [1.807, 2.05) is 6.92 Å². The Bertz CT molecular complexity index is 343. The quantitative estimate of drug-likeness (QED) is 0.841. The van der Waals surface area contributed by atoms with E-state index in [1.54, 1.807) is 0 Å². The monoisotopic (exact) mass is 221 g/mol. The topological polar surface area (TPSA) is 25.2 Å². The number of rotatable bonds is 4. The number of furan rings is 1. The molecule has 0 radical (unpaired) electrons. The maximum Gasteiger partial charge on any atom is 0.105 e. The molecule has 0 spiro atoms. The Morgan fingerprint density at radius 3 is 2.81 bits per heavy atom. The van der Waals surface area contributed by atoms with Gasteiger partial charge in [-0.2, -0.15) is 0 Å². The van der Waals surface area contributed by atoms with E-state index in [9.17, 15) is 0 Å². The lowest BCUT2D eigenvalue weighted by atomic mass is 10.0. The molecule has 0 bridgehead atoms. The molecule has 0 amide bonds. The zero-order valence-electron chi connectivity index (χ0n) is 10.7. The van der Waals surface area contributed by atoms with Gasteiger partial charge in [0, 0.05) is 18.2 Å². The summed E-state index contributed by atoms with van der Waals surface area (Å²) in [6.07, 6.45) is 5.44. The fourth-order valence-corrected chi connectivity index (χ4v) is 2.89. The van der Waals surface area contributed by atoms with Crippen LogP contribution in [0.3, 0.4) is 0 Å². The van der Waals surface area contributed by atoms with Gasteiger partial charge in [-0.1, -0.05) is 19.8 Å². The van der Waals surface area contributed by atoms with Gasteiger partial charge in [0.15, 0.2) is 0 Å². The first-order valence-electron chi connectivity index (χ1n) is 6.50. The minimum Gasteiger partial charge on any atom is -0.466 e. The summed E-state index contributed by atoms with van der Waals surface area (Å²) in [4.78, 5) is 0. The Labute approximate surface area is 98.4 Å². The van der Waals surface area contributed by atoms with E-state index >= 15 is 0 Å². The summed E-state index contributed by atoms with van der Waals surface area (Å²) in [5.41, 5.74) is 1.32. The van der Waals surface area contributed by atoms with Crippen molar-refractivity contribution in [3.8, 4) is 0 Å². The van der Waals surface area contributed by atoms with Gasteiger partial charge < -0.3 is 9.73 Å². The van der Waals surface area contributed by atoms with Crippen molar-refractivity contribution in [3.05, 3.63) is 23.2 Å². The van der Waals surface area contributed by atoms with Crippen LogP contribution in [0.2, 0.25) is 0 Å². The normalized spacial score (nSPS) is 25.2. The van der Waals surface area contributed by atoms with Gasteiger partial charge in [-0.15, -0.1) is 0 Å². The van der Waals surface area contributed by atoms with Gasteiger partial charge in [0.25, 0.3) is 0 Å². The smallest absolute Gasteiger partial charge is 0.105 e. The van der Waals surface area contributed by atoms with Crippen molar-refractivity contribution >= 4 is 0 Å². The lowest BCUT2D eigenvalue weighted by Crippen LogP contribution is -2.31. The Balaban J connectivity index is 1.89.